The van der Waals surface area contributed by atoms with Crippen molar-refractivity contribution in [2.24, 2.45) is 0 Å². The van der Waals surface area contributed by atoms with Crippen molar-refractivity contribution in [3.05, 3.63) is 40.8 Å². The Hall–Kier alpha value is -2.00. The number of rotatable bonds is 4. The van der Waals surface area contributed by atoms with Crippen molar-refractivity contribution in [1.82, 2.24) is 24.1 Å². The Morgan fingerprint density at radius 1 is 1.13 bits per heavy atom. The molecule has 9 heteroatoms. The van der Waals surface area contributed by atoms with Gasteiger partial charge in [-0.05, 0) is 42.3 Å². The predicted molar refractivity (Wildman–Crippen MR) is 84.9 cm³/mol. The average molecular weight is 337 g/mol. The number of benzene rings is 1. The Kier molecular flexibility index (Phi) is 4.31. The first-order valence-corrected chi connectivity index (χ1v) is 9.21. The van der Waals surface area contributed by atoms with Crippen LogP contribution in [0.5, 0.6) is 0 Å². The van der Waals surface area contributed by atoms with Crippen LogP contribution >= 0.6 is 0 Å². The number of nitrogens with zero attached hydrogens (tertiary/aromatic N) is 5. The predicted octanol–water partition coefficient (Wildman–Crippen LogP) is 0.416. The van der Waals surface area contributed by atoms with Crippen LogP contribution in [0.1, 0.15) is 25.8 Å². The largest absolute Gasteiger partial charge is 0.368 e. The Morgan fingerprint density at radius 3 is 2.39 bits per heavy atom. The molecule has 2 heterocycles. The molecule has 8 nitrogen and oxygen atoms in total. The van der Waals surface area contributed by atoms with Crippen molar-refractivity contribution in [2.75, 3.05) is 18.8 Å². The minimum atomic E-state index is -3.17. The lowest BCUT2D eigenvalue weighted by atomic mass is 10.1. The molecule has 0 N–H and O–H groups in total. The van der Waals surface area contributed by atoms with Gasteiger partial charge in [-0.15, -0.1) is 0 Å². The SMILES string of the molecule is CCS(=O)(=O)N1CCC(n2nnn(-c3ccccc3)c2=O)CC1. The summed E-state index contributed by atoms with van der Waals surface area (Å²) in [6, 6.07) is 8.98. The molecule has 0 spiro atoms. The van der Waals surface area contributed by atoms with Crippen LogP contribution in [0.4, 0.5) is 0 Å². The molecule has 1 fully saturated rings. The van der Waals surface area contributed by atoms with Gasteiger partial charge in [0.25, 0.3) is 0 Å². The first-order chi connectivity index (χ1) is 11.0. The maximum Gasteiger partial charge on any atom is 0.368 e. The quantitative estimate of drug-likeness (QED) is 0.806. The van der Waals surface area contributed by atoms with Gasteiger partial charge in [-0.2, -0.15) is 9.36 Å². The molecule has 0 amide bonds. The second-order valence-electron chi connectivity index (χ2n) is 5.48. The third kappa shape index (κ3) is 3.06. The lowest BCUT2D eigenvalue weighted by molar-refractivity contribution is 0.255. The van der Waals surface area contributed by atoms with Crippen molar-refractivity contribution in [3.8, 4) is 5.69 Å². The number of piperidine rings is 1. The molecule has 0 bridgehead atoms. The molecule has 0 radical (unpaired) electrons. The van der Waals surface area contributed by atoms with E-state index in [-0.39, 0.29) is 17.5 Å². The number of para-hydroxylation sites is 1. The van der Waals surface area contributed by atoms with Crippen molar-refractivity contribution in [3.63, 3.8) is 0 Å². The van der Waals surface area contributed by atoms with Gasteiger partial charge in [-0.25, -0.2) is 17.5 Å². The minimum absolute atomic E-state index is 0.0990. The van der Waals surface area contributed by atoms with Crippen LogP contribution in [-0.4, -0.2) is 51.4 Å². The van der Waals surface area contributed by atoms with Crippen LogP contribution in [0.2, 0.25) is 0 Å². The summed E-state index contributed by atoms with van der Waals surface area (Å²) in [5.74, 6) is 0.0990. The Morgan fingerprint density at radius 2 is 1.78 bits per heavy atom. The van der Waals surface area contributed by atoms with Gasteiger partial charge in [0.15, 0.2) is 0 Å². The zero-order chi connectivity index (χ0) is 16.4. The molecule has 1 aliphatic rings. The summed E-state index contributed by atoms with van der Waals surface area (Å²) in [5, 5.41) is 7.90. The molecule has 1 aromatic heterocycles. The Labute approximate surface area is 134 Å². The first kappa shape index (κ1) is 15.9. The highest BCUT2D eigenvalue weighted by Crippen LogP contribution is 2.22. The molecule has 0 saturated carbocycles. The number of tetrazole rings is 1. The highest BCUT2D eigenvalue weighted by molar-refractivity contribution is 7.89. The lowest BCUT2D eigenvalue weighted by Gasteiger charge is -2.30. The van der Waals surface area contributed by atoms with Crippen LogP contribution in [0.25, 0.3) is 5.69 Å². The number of sulfonamides is 1. The van der Waals surface area contributed by atoms with E-state index in [0.717, 1.165) is 0 Å². The summed E-state index contributed by atoms with van der Waals surface area (Å²) in [6.07, 6.45) is 1.12. The van der Waals surface area contributed by atoms with Crippen molar-refractivity contribution < 1.29 is 8.42 Å². The van der Waals surface area contributed by atoms with Gasteiger partial charge in [0.05, 0.1) is 17.5 Å². The van der Waals surface area contributed by atoms with E-state index in [1.54, 1.807) is 19.1 Å². The van der Waals surface area contributed by atoms with Gasteiger partial charge in [-0.1, -0.05) is 18.2 Å². The summed E-state index contributed by atoms with van der Waals surface area (Å²) in [5.41, 5.74) is 0.364. The van der Waals surface area contributed by atoms with Gasteiger partial charge in [0.1, 0.15) is 0 Å². The molecule has 23 heavy (non-hydrogen) atoms. The average Bonchev–Trinajstić information content (AvgIpc) is 2.97. The molecule has 0 unspecified atom stereocenters. The third-order valence-electron chi connectivity index (χ3n) is 4.13. The fraction of sp³-hybridized carbons (Fsp3) is 0.500. The molecule has 124 valence electrons. The van der Waals surface area contributed by atoms with E-state index in [0.29, 0.717) is 31.6 Å². The van der Waals surface area contributed by atoms with Crippen LogP contribution in [0, 0.1) is 0 Å². The van der Waals surface area contributed by atoms with E-state index < -0.39 is 10.0 Å². The smallest absolute Gasteiger partial charge is 0.244 e. The number of hydrogen-bond acceptors (Lipinski definition) is 5. The molecule has 1 aromatic carbocycles. The second kappa shape index (κ2) is 6.25. The molecule has 0 atom stereocenters. The molecular weight excluding hydrogens is 318 g/mol. The summed E-state index contributed by atoms with van der Waals surface area (Å²) < 4.78 is 27.9. The Bertz CT molecular complexity index is 820. The summed E-state index contributed by atoms with van der Waals surface area (Å²) in [6.45, 7) is 2.45. The van der Waals surface area contributed by atoms with E-state index in [1.807, 2.05) is 18.2 Å². The molecule has 1 saturated heterocycles. The minimum Gasteiger partial charge on any atom is -0.244 e. The van der Waals surface area contributed by atoms with Gasteiger partial charge in [0, 0.05) is 13.1 Å². The topological polar surface area (TPSA) is 90.1 Å². The van der Waals surface area contributed by atoms with E-state index in [1.165, 1.54) is 13.7 Å². The van der Waals surface area contributed by atoms with E-state index in [9.17, 15) is 13.2 Å². The van der Waals surface area contributed by atoms with Crippen LogP contribution in [0.3, 0.4) is 0 Å². The molecule has 0 aliphatic carbocycles. The number of hydrogen-bond donors (Lipinski definition) is 0. The fourth-order valence-corrected chi connectivity index (χ4v) is 3.90. The van der Waals surface area contributed by atoms with Crippen molar-refractivity contribution in [2.45, 2.75) is 25.8 Å². The molecule has 3 rings (SSSR count). The molecule has 1 aliphatic heterocycles. The number of aromatic nitrogens is 4. The van der Waals surface area contributed by atoms with Gasteiger partial charge in [-0.3, -0.25) is 0 Å². The maximum atomic E-state index is 12.5. The monoisotopic (exact) mass is 337 g/mol. The zero-order valence-corrected chi connectivity index (χ0v) is 13.7. The standard InChI is InChI=1S/C14H19N5O3S/c1-2-23(21,22)17-10-8-13(9-11-17)19-14(20)18(15-16-19)12-6-4-3-5-7-12/h3-7,13H,2,8-11H2,1H3. The summed E-state index contributed by atoms with van der Waals surface area (Å²) in [7, 11) is -3.17. The third-order valence-corrected chi connectivity index (χ3v) is 6.01. The highest BCUT2D eigenvalue weighted by atomic mass is 32.2. The van der Waals surface area contributed by atoms with E-state index in [2.05, 4.69) is 10.4 Å². The maximum absolute atomic E-state index is 12.5. The van der Waals surface area contributed by atoms with Gasteiger partial charge < -0.3 is 0 Å². The fourth-order valence-electron chi connectivity index (χ4n) is 2.76. The molecule has 2 aromatic rings. The highest BCUT2D eigenvalue weighted by Gasteiger charge is 2.29. The van der Waals surface area contributed by atoms with Crippen LogP contribution < -0.4 is 5.69 Å². The summed E-state index contributed by atoms with van der Waals surface area (Å²) in [4.78, 5) is 12.5. The van der Waals surface area contributed by atoms with Crippen LogP contribution in [-0.2, 0) is 10.0 Å². The van der Waals surface area contributed by atoms with Gasteiger partial charge in [0.2, 0.25) is 10.0 Å². The normalized spacial score (nSPS) is 17.4. The summed E-state index contributed by atoms with van der Waals surface area (Å²) >= 11 is 0. The van der Waals surface area contributed by atoms with Crippen molar-refractivity contribution >= 4 is 10.0 Å². The first-order valence-electron chi connectivity index (χ1n) is 7.60. The zero-order valence-electron chi connectivity index (χ0n) is 12.9. The van der Waals surface area contributed by atoms with Crippen molar-refractivity contribution in [1.29, 1.82) is 0 Å². The Balaban J connectivity index is 1.78. The van der Waals surface area contributed by atoms with Gasteiger partial charge >= 0.3 is 5.69 Å². The van der Waals surface area contributed by atoms with E-state index >= 15 is 0 Å². The van der Waals surface area contributed by atoms with Crippen LogP contribution in [0.15, 0.2) is 35.1 Å². The molecular formula is C14H19N5O3S. The lowest BCUT2D eigenvalue weighted by Crippen LogP contribution is -2.41. The van der Waals surface area contributed by atoms with E-state index in [4.69, 9.17) is 0 Å². The second-order valence-corrected chi connectivity index (χ2v) is 7.74.